The molecule has 0 saturated heterocycles. The molecule has 12 nitrogen and oxygen atoms in total. The van der Waals surface area contributed by atoms with E-state index in [1.54, 1.807) is 54.8 Å². The Bertz CT molecular complexity index is 2140. The van der Waals surface area contributed by atoms with E-state index in [-0.39, 0.29) is 0 Å². The molecular weight excluding hydrogens is 765 g/mol. The topological polar surface area (TPSA) is 148 Å². The highest BCUT2D eigenvalue weighted by atomic mass is 16.5. The zero-order valence-corrected chi connectivity index (χ0v) is 33.5. The first kappa shape index (κ1) is 45.4. The van der Waals surface area contributed by atoms with Gasteiger partial charge in [-0.1, -0.05) is 44.3 Å². The summed E-state index contributed by atoms with van der Waals surface area (Å²) in [6.45, 7) is 10.3. The quantitative estimate of drug-likeness (QED) is 0.0168. The van der Waals surface area contributed by atoms with Crippen molar-refractivity contribution in [3.8, 4) is 23.0 Å². The van der Waals surface area contributed by atoms with Crippen molar-refractivity contribution in [3.63, 3.8) is 0 Å². The van der Waals surface area contributed by atoms with Crippen LogP contribution in [-0.2, 0) is 28.7 Å². The maximum Gasteiger partial charge on any atom is 0.336 e. The lowest BCUT2D eigenvalue weighted by molar-refractivity contribution is -0.138. The van der Waals surface area contributed by atoms with Crippen LogP contribution >= 0.6 is 0 Å². The Morgan fingerprint density at radius 3 is 1.35 bits per heavy atom. The van der Waals surface area contributed by atoms with E-state index in [1.165, 1.54) is 12.2 Å². The van der Waals surface area contributed by atoms with Gasteiger partial charge < -0.3 is 28.4 Å². The Hall–Kier alpha value is -7.34. The normalized spacial score (nSPS) is 11.3. The average Bonchev–Trinajstić information content (AvgIpc) is 3.27. The standard InChI is InChI=1S/C48H48N2O10/c1-4-44(39-19-27-43(28-20-39)60-48(54)30-18-37-13-23-41(24-14-37)56-32-8-10-34-58-46(52)6-3)50-49-35-38-15-25-42(26-16-38)59-47(53)29-17-36-11-21-40(22-12-36)55-31-7-9-33-57-45(51)5-2/h5-6,11-30,35H,2-4,7-10,31-34H2,1H3. The second-order valence-electron chi connectivity index (χ2n) is 12.7. The van der Waals surface area contributed by atoms with Crippen LogP contribution in [0.1, 0.15) is 61.3 Å². The molecule has 0 spiro atoms. The Labute approximate surface area is 350 Å². The average molecular weight is 813 g/mol. The number of ether oxygens (including phenoxy) is 6. The van der Waals surface area contributed by atoms with Crippen molar-refractivity contribution in [2.75, 3.05) is 26.4 Å². The third kappa shape index (κ3) is 17.4. The van der Waals surface area contributed by atoms with Gasteiger partial charge in [-0.15, -0.1) is 0 Å². The maximum atomic E-state index is 12.5. The third-order valence-electron chi connectivity index (χ3n) is 8.25. The predicted octanol–water partition coefficient (Wildman–Crippen LogP) is 8.93. The van der Waals surface area contributed by atoms with Gasteiger partial charge in [-0.3, -0.25) is 0 Å². The Morgan fingerprint density at radius 1 is 0.517 bits per heavy atom. The van der Waals surface area contributed by atoms with Gasteiger partial charge >= 0.3 is 23.9 Å². The Balaban J connectivity index is 1.16. The first-order valence-electron chi connectivity index (χ1n) is 19.4. The molecule has 0 aliphatic heterocycles. The fourth-order valence-electron chi connectivity index (χ4n) is 5.07. The van der Waals surface area contributed by atoms with Crippen LogP contribution in [0.5, 0.6) is 23.0 Å². The number of rotatable bonds is 24. The number of carbonyl (C=O) groups is 4. The first-order valence-corrected chi connectivity index (χ1v) is 19.4. The van der Waals surface area contributed by atoms with E-state index in [1.807, 2.05) is 67.6 Å². The summed E-state index contributed by atoms with van der Waals surface area (Å²) in [5.41, 5.74) is 3.95. The minimum absolute atomic E-state index is 0.323. The summed E-state index contributed by atoms with van der Waals surface area (Å²) in [5, 5.41) is 8.63. The van der Waals surface area contributed by atoms with Crippen LogP contribution in [0, 0.1) is 0 Å². The van der Waals surface area contributed by atoms with Crippen LogP contribution in [0.15, 0.2) is 145 Å². The fourth-order valence-corrected chi connectivity index (χ4v) is 5.07. The molecule has 0 amide bonds. The van der Waals surface area contributed by atoms with E-state index < -0.39 is 23.9 Å². The van der Waals surface area contributed by atoms with E-state index >= 15 is 0 Å². The van der Waals surface area contributed by atoms with Crippen molar-refractivity contribution in [2.24, 2.45) is 10.2 Å². The summed E-state index contributed by atoms with van der Waals surface area (Å²) in [7, 11) is 0. The Kier molecular flexibility index (Phi) is 19.5. The van der Waals surface area contributed by atoms with Crippen molar-refractivity contribution in [2.45, 2.75) is 39.0 Å². The van der Waals surface area contributed by atoms with Gasteiger partial charge in [0.2, 0.25) is 0 Å². The van der Waals surface area contributed by atoms with E-state index in [4.69, 9.17) is 28.4 Å². The van der Waals surface area contributed by atoms with E-state index in [0.717, 1.165) is 53.0 Å². The molecule has 0 radical (unpaired) electrons. The second-order valence-corrected chi connectivity index (χ2v) is 12.7. The van der Waals surface area contributed by atoms with Crippen LogP contribution < -0.4 is 18.9 Å². The molecule has 0 unspecified atom stereocenters. The molecule has 4 aromatic carbocycles. The summed E-state index contributed by atoms with van der Waals surface area (Å²) in [6, 6.07) is 28.5. The molecule has 4 aromatic rings. The molecule has 0 atom stereocenters. The van der Waals surface area contributed by atoms with Crippen molar-refractivity contribution in [1.82, 2.24) is 0 Å². The van der Waals surface area contributed by atoms with Gasteiger partial charge in [0.1, 0.15) is 23.0 Å². The highest BCUT2D eigenvalue weighted by molar-refractivity contribution is 6.01. The van der Waals surface area contributed by atoms with Gasteiger partial charge in [0, 0.05) is 24.3 Å². The molecule has 0 aromatic heterocycles. The molecule has 0 heterocycles. The summed E-state index contributed by atoms with van der Waals surface area (Å²) in [5.74, 6) is 0.260. The lowest BCUT2D eigenvalue weighted by Crippen LogP contribution is -2.04. The summed E-state index contributed by atoms with van der Waals surface area (Å²) in [6.07, 6.45) is 13.4. The molecule has 0 saturated carbocycles. The number of carbonyl (C=O) groups excluding carboxylic acids is 4. The van der Waals surface area contributed by atoms with E-state index in [2.05, 4.69) is 23.4 Å². The van der Waals surface area contributed by atoms with Crippen LogP contribution in [0.4, 0.5) is 0 Å². The van der Waals surface area contributed by atoms with Gasteiger partial charge in [0.25, 0.3) is 0 Å². The SMILES string of the molecule is C=CC(=O)OCCCCOc1ccc(C=CC(=O)Oc2ccc(C=NN=C(CC)c3ccc(OC(=O)C=Cc4ccc(OCCCCOC(=O)C=C)cc4)cc3)cc2)cc1. The molecule has 0 fully saturated rings. The lowest BCUT2D eigenvalue weighted by Gasteiger charge is -2.07. The molecule has 12 heteroatoms. The number of nitrogens with zero attached hydrogens (tertiary/aromatic N) is 2. The number of hydrogen-bond acceptors (Lipinski definition) is 12. The van der Waals surface area contributed by atoms with E-state index in [0.29, 0.717) is 68.7 Å². The minimum atomic E-state index is -0.521. The maximum absolute atomic E-state index is 12.5. The zero-order valence-electron chi connectivity index (χ0n) is 33.5. The monoisotopic (exact) mass is 812 g/mol. The smallest absolute Gasteiger partial charge is 0.336 e. The predicted molar refractivity (Wildman–Crippen MR) is 231 cm³/mol. The largest absolute Gasteiger partial charge is 0.494 e. The van der Waals surface area contributed by atoms with Gasteiger partial charge in [-0.05, 0) is 139 Å². The van der Waals surface area contributed by atoms with Crippen LogP contribution in [0.25, 0.3) is 12.2 Å². The highest BCUT2D eigenvalue weighted by Crippen LogP contribution is 2.18. The zero-order chi connectivity index (χ0) is 42.8. The van der Waals surface area contributed by atoms with Crippen LogP contribution in [0.3, 0.4) is 0 Å². The highest BCUT2D eigenvalue weighted by Gasteiger charge is 2.06. The Morgan fingerprint density at radius 2 is 0.917 bits per heavy atom. The molecule has 310 valence electrons. The molecule has 0 aliphatic rings. The molecule has 0 aliphatic carbocycles. The van der Waals surface area contributed by atoms with E-state index in [9.17, 15) is 19.2 Å². The molecule has 0 bridgehead atoms. The van der Waals surface area contributed by atoms with Gasteiger partial charge in [-0.2, -0.15) is 10.2 Å². The summed E-state index contributed by atoms with van der Waals surface area (Å²) in [4.78, 5) is 47.0. The fraction of sp³-hybridized carbons (Fsp3) is 0.208. The molecular formula is C48H48N2O10. The van der Waals surface area contributed by atoms with Crippen molar-refractivity contribution in [3.05, 3.63) is 157 Å². The molecule has 4 rings (SSSR count). The number of hydrogen-bond donors (Lipinski definition) is 0. The van der Waals surface area contributed by atoms with Crippen molar-refractivity contribution in [1.29, 1.82) is 0 Å². The second kappa shape index (κ2) is 25.8. The van der Waals surface area contributed by atoms with Gasteiger partial charge in [0.15, 0.2) is 0 Å². The lowest BCUT2D eigenvalue weighted by atomic mass is 10.1. The third-order valence-corrected chi connectivity index (χ3v) is 8.25. The minimum Gasteiger partial charge on any atom is -0.494 e. The van der Waals surface area contributed by atoms with Gasteiger partial charge in [0.05, 0.1) is 38.4 Å². The molecule has 0 N–H and O–H groups in total. The van der Waals surface area contributed by atoms with Crippen molar-refractivity contribution < 1.29 is 47.6 Å². The summed E-state index contributed by atoms with van der Waals surface area (Å²) < 4.78 is 32.2. The van der Waals surface area contributed by atoms with Crippen LogP contribution in [0.2, 0.25) is 0 Å². The number of benzene rings is 4. The van der Waals surface area contributed by atoms with Crippen molar-refractivity contribution >= 4 is 48.0 Å². The molecule has 60 heavy (non-hydrogen) atoms. The first-order chi connectivity index (χ1) is 29.2. The van der Waals surface area contributed by atoms with Gasteiger partial charge in [-0.25, -0.2) is 19.2 Å². The number of unbranched alkanes of at least 4 members (excludes halogenated alkanes) is 2. The summed E-state index contributed by atoms with van der Waals surface area (Å²) >= 11 is 0. The van der Waals surface area contributed by atoms with Crippen LogP contribution in [-0.4, -0.2) is 62.2 Å². The number of esters is 4.